The van der Waals surface area contributed by atoms with Gasteiger partial charge in [-0.05, 0) is 13.8 Å². The Labute approximate surface area is 101 Å². The van der Waals surface area contributed by atoms with E-state index in [-0.39, 0.29) is 11.6 Å². The molecular weight excluding hydrogens is 220 g/mol. The maximum Gasteiger partial charge on any atom is 0.252 e. The van der Waals surface area contributed by atoms with Gasteiger partial charge in [0.1, 0.15) is 5.82 Å². The second-order valence-electron chi connectivity index (χ2n) is 3.96. The number of ether oxygens (including phenoxy) is 1. The predicted octanol–water partition coefficient (Wildman–Crippen LogP) is -0.0400. The van der Waals surface area contributed by atoms with Crippen LogP contribution in [-0.2, 0) is 4.74 Å². The maximum absolute atomic E-state index is 11.2. The van der Waals surface area contributed by atoms with Crippen LogP contribution in [0.3, 0.4) is 0 Å². The first-order valence-corrected chi connectivity index (χ1v) is 5.74. The van der Waals surface area contributed by atoms with E-state index in [1.165, 1.54) is 12.4 Å². The Balaban J connectivity index is 2.63. The quantitative estimate of drug-likeness (QED) is 0.653. The number of aromatic amines is 1. The van der Waals surface area contributed by atoms with Crippen molar-refractivity contribution >= 4 is 5.82 Å². The number of rotatable bonds is 7. The van der Waals surface area contributed by atoms with E-state index in [1.54, 1.807) is 0 Å². The monoisotopic (exact) mass is 240 g/mol. The van der Waals surface area contributed by atoms with E-state index in [9.17, 15) is 4.79 Å². The van der Waals surface area contributed by atoms with E-state index in [2.05, 4.69) is 9.97 Å². The van der Waals surface area contributed by atoms with E-state index in [1.807, 2.05) is 18.7 Å². The molecule has 0 bridgehead atoms. The highest BCUT2D eigenvalue weighted by atomic mass is 16.5. The lowest BCUT2D eigenvalue weighted by atomic mass is 10.3. The Hall–Kier alpha value is -1.40. The zero-order chi connectivity index (χ0) is 12.7. The molecule has 0 saturated carbocycles. The summed E-state index contributed by atoms with van der Waals surface area (Å²) in [5.41, 5.74) is 5.19. The van der Waals surface area contributed by atoms with Gasteiger partial charge in [-0.2, -0.15) is 0 Å². The van der Waals surface area contributed by atoms with Crippen LogP contribution in [0.25, 0.3) is 0 Å². The number of nitrogens with one attached hydrogen (secondary N) is 1. The highest BCUT2D eigenvalue weighted by Crippen LogP contribution is 2.10. The molecule has 17 heavy (non-hydrogen) atoms. The zero-order valence-electron chi connectivity index (χ0n) is 10.3. The summed E-state index contributed by atoms with van der Waals surface area (Å²) in [6.07, 6.45) is 1.41. The van der Waals surface area contributed by atoms with Gasteiger partial charge in [-0.3, -0.25) is 4.79 Å². The van der Waals surface area contributed by atoms with Gasteiger partial charge in [-0.15, -0.1) is 0 Å². The van der Waals surface area contributed by atoms with Gasteiger partial charge in [0, 0.05) is 25.2 Å². The van der Waals surface area contributed by atoms with Crippen molar-refractivity contribution in [1.29, 1.82) is 0 Å². The van der Waals surface area contributed by atoms with Crippen molar-refractivity contribution in [3.63, 3.8) is 0 Å². The van der Waals surface area contributed by atoms with Crippen molar-refractivity contribution in [2.24, 2.45) is 5.73 Å². The summed E-state index contributed by atoms with van der Waals surface area (Å²) in [5.74, 6) is 0.667. The summed E-state index contributed by atoms with van der Waals surface area (Å²) in [4.78, 5) is 19.9. The number of H-pyrrole nitrogens is 1. The molecule has 0 aliphatic rings. The molecule has 6 heteroatoms. The molecule has 0 atom stereocenters. The fourth-order valence-corrected chi connectivity index (χ4v) is 1.50. The van der Waals surface area contributed by atoms with E-state index < -0.39 is 0 Å². The van der Waals surface area contributed by atoms with Crippen molar-refractivity contribution < 1.29 is 4.74 Å². The van der Waals surface area contributed by atoms with Crippen molar-refractivity contribution in [2.75, 3.05) is 31.2 Å². The van der Waals surface area contributed by atoms with Crippen LogP contribution < -0.4 is 16.2 Å². The second-order valence-corrected chi connectivity index (χ2v) is 3.96. The van der Waals surface area contributed by atoms with Gasteiger partial charge in [0.05, 0.1) is 19.5 Å². The van der Waals surface area contributed by atoms with Crippen LogP contribution in [0.2, 0.25) is 0 Å². The van der Waals surface area contributed by atoms with Crippen LogP contribution in [-0.4, -0.2) is 42.3 Å². The van der Waals surface area contributed by atoms with Gasteiger partial charge >= 0.3 is 0 Å². The molecule has 0 saturated heterocycles. The minimum absolute atomic E-state index is 0.150. The Morgan fingerprint density at radius 3 is 2.88 bits per heavy atom. The number of hydrogen-bond donors (Lipinski definition) is 2. The third kappa shape index (κ3) is 4.54. The molecular formula is C11H20N4O2. The number of aromatic nitrogens is 2. The minimum Gasteiger partial charge on any atom is -0.378 e. The molecule has 1 heterocycles. The molecule has 1 aromatic heterocycles. The van der Waals surface area contributed by atoms with Gasteiger partial charge < -0.3 is 20.4 Å². The van der Waals surface area contributed by atoms with Gasteiger partial charge in [-0.25, -0.2) is 4.98 Å². The number of nitrogens with two attached hydrogens (primary N) is 1. The average molecular weight is 240 g/mol. The molecule has 0 aliphatic heterocycles. The molecule has 1 aromatic rings. The normalized spacial score (nSPS) is 10.8. The van der Waals surface area contributed by atoms with Crippen LogP contribution in [0.4, 0.5) is 5.82 Å². The lowest BCUT2D eigenvalue weighted by Crippen LogP contribution is -2.35. The molecule has 0 radical (unpaired) electrons. The summed E-state index contributed by atoms with van der Waals surface area (Å²) in [7, 11) is 0. The standard InChI is InChI=1S/C11H20N4O2/c1-9(2)15(4-6-17-5-3-12)10-7-11(16)14-8-13-10/h7-9H,3-6,12H2,1-2H3,(H,13,14,16). The fourth-order valence-electron chi connectivity index (χ4n) is 1.50. The Morgan fingerprint density at radius 2 is 2.29 bits per heavy atom. The van der Waals surface area contributed by atoms with Gasteiger partial charge in [0.2, 0.25) is 0 Å². The smallest absolute Gasteiger partial charge is 0.252 e. The lowest BCUT2D eigenvalue weighted by Gasteiger charge is -2.27. The first kappa shape index (κ1) is 13.7. The van der Waals surface area contributed by atoms with Crippen LogP contribution in [0, 0.1) is 0 Å². The van der Waals surface area contributed by atoms with Gasteiger partial charge in [0.25, 0.3) is 5.56 Å². The first-order chi connectivity index (χ1) is 8.15. The van der Waals surface area contributed by atoms with E-state index in [0.29, 0.717) is 32.1 Å². The lowest BCUT2D eigenvalue weighted by molar-refractivity contribution is 0.146. The third-order valence-corrected chi connectivity index (χ3v) is 2.32. The van der Waals surface area contributed by atoms with Crippen LogP contribution in [0.1, 0.15) is 13.8 Å². The van der Waals surface area contributed by atoms with Crippen LogP contribution in [0.5, 0.6) is 0 Å². The number of anilines is 1. The van der Waals surface area contributed by atoms with Crippen LogP contribution >= 0.6 is 0 Å². The summed E-state index contributed by atoms with van der Waals surface area (Å²) < 4.78 is 5.33. The van der Waals surface area contributed by atoms with Gasteiger partial charge in [0.15, 0.2) is 0 Å². The molecule has 0 amide bonds. The van der Waals surface area contributed by atoms with Crippen molar-refractivity contribution in [2.45, 2.75) is 19.9 Å². The number of hydrogen-bond acceptors (Lipinski definition) is 5. The van der Waals surface area contributed by atoms with Gasteiger partial charge in [-0.1, -0.05) is 0 Å². The predicted molar refractivity (Wildman–Crippen MR) is 67.2 cm³/mol. The summed E-state index contributed by atoms with van der Waals surface area (Å²) in [5, 5.41) is 0. The summed E-state index contributed by atoms with van der Waals surface area (Å²) in [6.45, 7) is 6.43. The number of nitrogens with zero attached hydrogens (tertiary/aromatic N) is 2. The largest absolute Gasteiger partial charge is 0.378 e. The zero-order valence-corrected chi connectivity index (χ0v) is 10.3. The topological polar surface area (TPSA) is 84.2 Å². The second kappa shape index (κ2) is 7.03. The summed E-state index contributed by atoms with van der Waals surface area (Å²) >= 11 is 0. The van der Waals surface area contributed by atoms with E-state index in [4.69, 9.17) is 10.5 Å². The molecule has 0 fully saturated rings. The molecule has 0 spiro atoms. The Bertz CT molecular complexity index is 378. The molecule has 1 rings (SSSR count). The Kier molecular flexibility index (Phi) is 5.65. The van der Waals surface area contributed by atoms with Crippen molar-refractivity contribution in [3.8, 4) is 0 Å². The maximum atomic E-state index is 11.2. The first-order valence-electron chi connectivity index (χ1n) is 5.74. The highest BCUT2D eigenvalue weighted by Gasteiger charge is 2.11. The molecule has 0 unspecified atom stereocenters. The van der Waals surface area contributed by atoms with E-state index in [0.717, 1.165) is 0 Å². The molecule has 0 aromatic carbocycles. The average Bonchev–Trinajstić information content (AvgIpc) is 2.28. The molecule has 3 N–H and O–H groups in total. The van der Waals surface area contributed by atoms with Crippen molar-refractivity contribution in [1.82, 2.24) is 9.97 Å². The highest BCUT2D eigenvalue weighted by molar-refractivity contribution is 5.37. The molecule has 96 valence electrons. The van der Waals surface area contributed by atoms with Crippen LogP contribution in [0.15, 0.2) is 17.2 Å². The van der Waals surface area contributed by atoms with E-state index >= 15 is 0 Å². The SMILES string of the molecule is CC(C)N(CCOCCN)c1cc(=O)[nH]cn1. The molecule has 6 nitrogen and oxygen atoms in total. The molecule has 0 aliphatic carbocycles. The summed E-state index contributed by atoms with van der Waals surface area (Å²) in [6, 6.07) is 1.74. The minimum atomic E-state index is -0.150. The third-order valence-electron chi connectivity index (χ3n) is 2.32. The fraction of sp³-hybridized carbons (Fsp3) is 0.636. The Morgan fingerprint density at radius 1 is 1.53 bits per heavy atom. The van der Waals surface area contributed by atoms with Crippen molar-refractivity contribution in [3.05, 3.63) is 22.7 Å².